The topological polar surface area (TPSA) is 66.5 Å². The van der Waals surface area contributed by atoms with Crippen LogP contribution < -0.4 is 5.32 Å². The van der Waals surface area contributed by atoms with Crippen molar-refractivity contribution in [2.75, 3.05) is 24.6 Å². The normalized spacial score (nSPS) is 34.7. The lowest BCUT2D eigenvalue weighted by Gasteiger charge is -2.34. The minimum atomic E-state index is -2.94. The number of nitrogens with one attached hydrogen (secondary N) is 1. The molecule has 2 atom stereocenters. The van der Waals surface area contributed by atoms with Gasteiger partial charge >= 0.3 is 0 Å². The minimum absolute atomic E-state index is 0.0598. The van der Waals surface area contributed by atoms with Crippen molar-refractivity contribution >= 4 is 15.7 Å². The molecule has 2 heterocycles. The van der Waals surface area contributed by atoms with Crippen molar-refractivity contribution in [2.45, 2.75) is 44.7 Å². The molecule has 2 aliphatic heterocycles. The van der Waals surface area contributed by atoms with Crippen LogP contribution in [0.4, 0.5) is 0 Å². The molecule has 0 spiro atoms. The number of likely N-dealkylation sites (N-methyl/N-ethyl adjacent to an activating group) is 1. The van der Waals surface area contributed by atoms with Gasteiger partial charge in [0.1, 0.15) is 0 Å². The van der Waals surface area contributed by atoms with Gasteiger partial charge in [0.15, 0.2) is 9.84 Å². The molecule has 2 fully saturated rings. The van der Waals surface area contributed by atoms with E-state index in [1.54, 1.807) is 4.90 Å². The zero-order chi connectivity index (χ0) is 13.4. The summed E-state index contributed by atoms with van der Waals surface area (Å²) >= 11 is 0. The first-order valence-corrected chi connectivity index (χ1v) is 8.46. The molecule has 104 valence electrons. The molecule has 0 aromatic carbocycles. The van der Waals surface area contributed by atoms with Gasteiger partial charge in [0.05, 0.1) is 17.0 Å². The van der Waals surface area contributed by atoms with Gasteiger partial charge in [-0.3, -0.25) is 4.79 Å². The highest BCUT2D eigenvalue weighted by Gasteiger charge is 2.42. The predicted molar refractivity (Wildman–Crippen MR) is 70.1 cm³/mol. The van der Waals surface area contributed by atoms with Crippen molar-refractivity contribution in [1.29, 1.82) is 0 Å². The molecule has 2 saturated heterocycles. The molecule has 1 amide bonds. The molecular formula is C12H22N2O3S. The molecule has 0 saturated carbocycles. The van der Waals surface area contributed by atoms with Gasteiger partial charge < -0.3 is 10.2 Å². The third-order valence-corrected chi connectivity index (χ3v) is 5.84. The summed E-state index contributed by atoms with van der Waals surface area (Å²) in [6.07, 6.45) is 2.42. The second-order valence-corrected chi connectivity index (χ2v) is 7.74. The predicted octanol–water partition coefficient (Wildman–Crippen LogP) is 0.164. The zero-order valence-electron chi connectivity index (χ0n) is 11.1. The number of rotatable bonds is 3. The summed E-state index contributed by atoms with van der Waals surface area (Å²) in [7, 11) is -2.94. The lowest BCUT2D eigenvalue weighted by Crippen LogP contribution is -2.55. The van der Waals surface area contributed by atoms with Gasteiger partial charge in [-0.2, -0.15) is 0 Å². The standard InChI is InChI=1S/C12H22N2O3S/c1-3-14(10-5-8-18(16,17)9-10)11(15)12(2)6-4-7-13-12/h10,13H,3-9H2,1-2H3. The average molecular weight is 274 g/mol. The van der Waals surface area contributed by atoms with Gasteiger partial charge in [-0.15, -0.1) is 0 Å². The monoisotopic (exact) mass is 274 g/mol. The van der Waals surface area contributed by atoms with Gasteiger partial charge in [-0.25, -0.2) is 8.42 Å². The van der Waals surface area contributed by atoms with E-state index >= 15 is 0 Å². The fraction of sp³-hybridized carbons (Fsp3) is 0.917. The molecule has 2 aliphatic rings. The van der Waals surface area contributed by atoms with Crippen LogP contribution in [0.25, 0.3) is 0 Å². The third kappa shape index (κ3) is 2.54. The summed E-state index contributed by atoms with van der Waals surface area (Å²) in [5.74, 6) is 0.401. The highest BCUT2D eigenvalue weighted by atomic mass is 32.2. The number of sulfone groups is 1. The van der Waals surface area contributed by atoms with Gasteiger partial charge in [0.2, 0.25) is 5.91 Å². The fourth-order valence-corrected chi connectivity index (χ4v) is 4.71. The molecule has 2 unspecified atom stereocenters. The number of nitrogens with zero attached hydrogens (tertiary/aromatic N) is 1. The van der Waals surface area contributed by atoms with E-state index in [0.29, 0.717) is 13.0 Å². The quantitative estimate of drug-likeness (QED) is 0.796. The first-order chi connectivity index (χ1) is 8.38. The van der Waals surface area contributed by atoms with Crippen molar-refractivity contribution in [3.63, 3.8) is 0 Å². The van der Waals surface area contributed by atoms with E-state index in [1.165, 1.54) is 0 Å². The summed E-state index contributed by atoms with van der Waals surface area (Å²) in [4.78, 5) is 14.3. The summed E-state index contributed by atoms with van der Waals surface area (Å²) in [5, 5.41) is 3.25. The number of hydrogen-bond donors (Lipinski definition) is 1. The molecule has 0 bridgehead atoms. The Labute approximate surface area is 109 Å². The Balaban J connectivity index is 2.12. The van der Waals surface area contributed by atoms with E-state index in [0.717, 1.165) is 19.4 Å². The fourth-order valence-electron chi connectivity index (χ4n) is 2.98. The maximum absolute atomic E-state index is 12.6. The van der Waals surface area contributed by atoms with E-state index in [1.807, 2.05) is 13.8 Å². The molecule has 2 rings (SSSR count). The van der Waals surface area contributed by atoms with E-state index < -0.39 is 15.4 Å². The Morgan fingerprint density at radius 1 is 1.50 bits per heavy atom. The van der Waals surface area contributed by atoms with Crippen LogP contribution in [0.15, 0.2) is 0 Å². The lowest BCUT2D eigenvalue weighted by molar-refractivity contribution is -0.138. The highest BCUT2D eigenvalue weighted by Crippen LogP contribution is 2.25. The summed E-state index contributed by atoms with van der Waals surface area (Å²) < 4.78 is 23.1. The Kier molecular flexibility index (Phi) is 3.69. The lowest BCUT2D eigenvalue weighted by atomic mass is 9.97. The van der Waals surface area contributed by atoms with E-state index in [-0.39, 0.29) is 23.5 Å². The molecule has 0 aromatic heterocycles. The number of carbonyl (C=O) groups is 1. The Morgan fingerprint density at radius 3 is 2.67 bits per heavy atom. The van der Waals surface area contributed by atoms with Crippen LogP contribution in [0.1, 0.15) is 33.1 Å². The van der Waals surface area contributed by atoms with Crippen LogP contribution in [0.3, 0.4) is 0 Å². The molecule has 1 N–H and O–H groups in total. The van der Waals surface area contributed by atoms with Gasteiger partial charge in [-0.1, -0.05) is 0 Å². The number of hydrogen-bond acceptors (Lipinski definition) is 4. The highest BCUT2D eigenvalue weighted by molar-refractivity contribution is 7.91. The van der Waals surface area contributed by atoms with Crippen molar-refractivity contribution in [2.24, 2.45) is 0 Å². The maximum atomic E-state index is 12.6. The van der Waals surface area contributed by atoms with Crippen molar-refractivity contribution < 1.29 is 13.2 Å². The molecule has 18 heavy (non-hydrogen) atoms. The summed E-state index contributed by atoms with van der Waals surface area (Å²) in [6, 6.07) is -0.133. The second kappa shape index (κ2) is 4.81. The van der Waals surface area contributed by atoms with Crippen LogP contribution in [0.2, 0.25) is 0 Å². The number of amides is 1. The Hall–Kier alpha value is -0.620. The van der Waals surface area contributed by atoms with E-state index in [4.69, 9.17) is 0 Å². The maximum Gasteiger partial charge on any atom is 0.242 e. The Morgan fingerprint density at radius 2 is 2.22 bits per heavy atom. The molecule has 6 heteroatoms. The van der Waals surface area contributed by atoms with Crippen LogP contribution >= 0.6 is 0 Å². The average Bonchev–Trinajstić information content (AvgIpc) is 2.87. The largest absolute Gasteiger partial charge is 0.337 e. The molecule has 0 aromatic rings. The van der Waals surface area contributed by atoms with E-state index in [2.05, 4.69) is 5.32 Å². The van der Waals surface area contributed by atoms with Crippen molar-refractivity contribution in [3.05, 3.63) is 0 Å². The molecule has 0 aliphatic carbocycles. The van der Waals surface area contributed by atoms with Gasteiger partial charge in [0.25, 0.3) is 0 Å². The smallest absolute Gasteiger partial charge is 0.242 e. The van der Waals surface area contributed by atoms with Crippen molar-refractivity contribution in [1.82, 2.24) is 10.2 Å². The van der Waals surface area contributed by atoms with Crippen LogP contribution in [-0.4, -0.2) is 55.4 Å². The van der Waals surface area contributed by atoms with Crippen molar-refractivity contribution in [3.8, 4) is 0 Å². The summed E-state index contributed by atoms with van der Waals surface area (Å²) in [6.45, 7) is 5.29. The molecule has 5 nitrogen and oxygen atoms in total. The second-order valence-electron chi connectivity index (χ2n) is 5.51. The van der Waals surface area contributed by atoms with Gasteiger partial charge in [0, 0.05) is 12.6 Å². The van der Waals surface area contributed by atoms with Gasteiger partial charge in [-0.05, 0) is 39.7 Å². The first kappa shape index (κ1) is 13.8. The van der Waals surface area contributed by atoms with Crippen LogP contribution in [0.5, 0.6) is 0 Å². The van der Waals surface area contributed by atoms with Crippen LogP contribution in [-0.2, 0) is 14.6 Å². The molecule has 0 radical (unpaired) electrons. The number of carbonyl (C=O) groups excluding carboxylic acids is 1. The minimum Gasteiger partial charge on any atom is -0.337 e. The van der Waals surface area contributed by atoms with E-state index in [9.17, 15) is 13.2 Å². The summed E-state index contributed by atoms with van der Waals surface area (Å²) in [5.41, 5.74) is -0.498. The zero-order valence-corrected chi connectivity index (χ0v) is 11.9. The third-order valence-electron chi connectivity index (χ3n) is 4.09. The molecular weight excluding hydrogens is 252 g/mol. The Bertz CT molecular complexity index is 427. The SMILES string of the molecule is CCN(C(=O)C1(C)CCCN1)C1CCS(=O)(=O)C1. The van der Waals surface area contributed by atoms with Crippen LogP contribution in [0, 0.1) is 0 Å². The first-order valence-electron chi connectivity index (χ1n) is 6.64.